The lowest BCUT2D eigenvalue weighted by molar-refractivity contribution is 0.204. The summed E-state index contributed by atoms with van der Waals surface area (Å²) in [5.74, 6) is 0. The van der Waals surface area contributed by atoms with E-state index in [1.807, 2.05) is 11.3 Å². The van der Waals surface area contributed by atoms with Gasteiger partial charge >= 0.3 is 0 Å². The van der Waals surface area contributed by atoms with E-state index >= 15 is 0 Å². The first-order chi connectivity index (χ1) is 7.89. The third kappa shape index (κ3) is 2.69. The summed E-state index contributed by atoms with van der Waals surface area (Å²) in [6, 6.07) is 0.498. The summed E-state index contributed by atoms with van der Waals surface area (Å²) < 4.78 is 0. The van der Waals surface area contributed by atoms with Gasteiger partial charge in [-0.1, -0.05) is 20.8 Å². The summed E-state index contributed by atoms with van der Waals surface area (Å²) in [5, 5.41) is 4.73. The molecule has 0 radical (unpaired) electrons. The van der Waals surface area contributed by atoms with Crippen LogP contribution in [0.15, 0.2) is 0 Å². The Morgan fingerprint density at radius 1 is 1.41 bits per heavy atom. The van der Waals surface area contributed by atoms with Gasteiger partial charge in [-0.3, -0.25) is 4.90 Å². The number of thiazole rings is 1. The molecule has 0 bridgehead atoms. The third-order valence-corrected chi connectivity index (χ3v) is 4.97. The van der Waals surface area contributed by atoms with Gasteiger partial charge in [0.05, 0.1) is 16.7 Å². The van der Waals surface area contributed by atoms with Crippen LogP contribution in [0, 0.1) is 6.92 Å². The molecule has 1 aliphatic rings. The molecule has 1 unspecified atom stereocenters. The number of aromatic nitrogens is 1. The Morgan fingerprint density at radius 3 is 2.65 bits per heavy atom. The molecule has 17 heavy (non-hydrogen) atoms. The Hall–Kier alpha value is -0.450. The molecule has 1 aliphatic heterocycles. The Balaban J connectivity index is 2.29. The minimum Gasteiger partial charge on any atom is -0.314 e. The summed E-state index contributed by atoms with van der Waals surface area (Å²) in [5.41, 5.74) is 1.37. The zero-order valence-corrected chi connectivity index (χ0v) is 12.3. The van der Waals surface area contributed by atoms with Crippen LogP contribution >= 0.6 is 11.3 Å². The number of likely N-dealkylation sites (N-methyl/N-ethyl adjacent to an activating group) is 1. The molecule has 1 N–H and O–H groups in total. The fourth-order valence-corrected chi connectivity index (χ4v) is 3.43. The zero-order valence-electron chi connectivity index (χ0n) is 11.5. The molecule has 1 fully saturated rings. The van der Waals surface area contributed by atoms with Crippen molar-refractivity contribution in [2.75, 3.05) is 26.7 Å². The quantitative estimate of drug-likeness (QED) is 0.832. The first-order valence-electron chi connectivity index (χ1n) is 6.28. The van der Waals surface area contributed by atoms with Gasteiger partial charge in [-0.2, -0.15) is 0 Å². The minimum absolute atomic E-state index is 0.161. The van der Waals surface area contributed by atoms with Gasteiger partial charge in [0.2, 0.25) is 0 Å². The maximum atomic E-state index is 4.76. The molecule has 1 aromatic rings. The molecule has 3 nitrogen and oxygen atoms in total. The van der Waals surface area contributed by atoms with Crippen molar-refractivity contribution in [1.29, 1.82) is 0 Å². The SMILES string of the molecule is Cc1nc(C(C)(C)C)sc1C1CNCCN1C. The van der Waals surface area contributed by atoms with Gasteiger partial charge in [0.25, 0.3) is 0 Å². The topological polar surface area (TPSA) is 28.2 Å². The summed E-state index contributed by atoms with van der Waals surface area (Å²) in [4.78, 5) is 8.62. The van der Waals surface area contributed by atoms with E-state index in [2.05, 4.69) is 45.0 Å². The van der Waals surface area contributed by atoms with Gasteiger partial charge in [-0.05, 0) is 14.0 Å². The number of hydrogen-bond acceptors (Lipinski definition) is 4. The molecular weight excluding hydrogens is 230 g/mol. The molecular formula is C13H23N3S. The predicted octanol–water partition coefficient (Wildman–Crippen LogP) is 2.33. The van der Waals surface area contributed by atoms with Gasteiger partial charge in [0.1, 0.15) is 0 Å². The van der Waals surface area contributed by atoms with Crippen molar-refractivity contribution in [3.05, 3.63) is 15.6 Å². The molecule has 96 valence electrons. The lowest BCUT2D eigenvalue weighted by Gasteiger charge is -2.32. The monoisotopic (exact) mass is 253 g/mol. The first-order valence-corrected chi connectivity index (χ1v) is 7.10. The van der Waals surface area contributed by atoms with Crippen LogP contribution in [0.2, 0.25) is 0 Å². The largest absolute Gasteiger partial charge is 0.314 e. The average Bonchev–Trinajstić information content (AvgIpc) is 2.61. The van der Waals surface area contributed by atoms with Crippen LogP contribution in [-0.2, 0) is 5.41 Å². The van der Waals surface area contributed by atoms with Gasteiger partial charge in [0, 0.05) is 29.9 Å². The summed E-state index contributed by atoms with van der Waals surface area (Å²) in [7, 11) is 2.21. The predicted molar refractivity (Wildman–Crippen MR) is 73.8 cm³/mol. The molecule has 0 aromatic carbocycles. The normalized spacial score (nSPS) is 23.0. The number of hydrogen-bond donors (Lipinski definition) is 1. The van der Waals surface area contributed by atoms with E-state index in [1.165, 1.54) is 15.6 Å². The van der Waals surface area contributed by atoms with E-state index in [0.29, 0.717) is 6.04 Å². The number of nitrogens with one attached hydrogen (secondary N) is 1. The van der Waals surface area contributed by atoms with E-state index in [1.54, 1.807) is 0 Å². The van der Waals surface area contributed by atoms with Crippen LogP contribution in [0.3, 0.4) is 0 Å². The van der Waals surface area contributed by atoms with E-state index in [4.69, 9.17) is 4.98 Å². The van der Waals surface area contributed by atoms with Crippen molar-refractivity contribution in [1.82, 2.24) is 15.2 Å². The summed E-state index contributed by atoms with van der Waals surface area (Å²) in [6.45, 7) is 12.1. The van der Waals surface area contributed by atoms with Crippen molar-refractivity contribution < 1.29 is 0 Å². The second kappa shape index (κ2) is 4.67. The number of rotatable bonds is 1. The van der Waals surface area contributed by atoms with Crippen molar-refractivity contribution in [3.63, 3.8) is 0 Å². The molecule has 2 rings (SSSR count). The molecule has 1 atom stereocenters. The van der Waals surface area contributed by atoms with E-state index in [0.717, 1.165) is 19.6 Å². The second-order valence-electron chi connectivity index (χ2n) is 5.92. The minimum atomic E-state index is 0.161. The highest BCUT2D eigenvalue weighted by Crippen LogP contribution is 2.34. The first kappa shape index (κ1) is 13.0. The average molecular weight is 253 g/mol. The van der Waals surface area contributed by atoms with Crippen LogP contribution in [0.5, 0.6) is 0 Å². The van der Waals surface area contributed by atoms with E-state index < -0.39 is 0 Å². The van der Waals surface area contributed by atoms with Crippen LogP contribution in [0.1, 0.15) is 42.4 Å². The van der Waals surface area contributed by atoms with E-state index in [9.17, 15) is 0 Å². The fourth-order valence-electron chi connectivity index (χ4n) is 2.14. The zero-order chi connectivity index (χ0) is 12.6. The van der Waals surface area contributed by atoms with Crippen molar-refractivity contribution in [3.8, 4) is 0 Å². The highest BCUT2D eigenvalue weighted by molar-refractivity contribution is 7.12. The Bertz CT molecular complexity index is 392. The molecule has 0 saturated carbocycles. The molecule has 0 spiro atoms. The number of piperazine rings is 1. The van der Waals surface area contributed by atoms with E-state index in [-0.39, 0.29) is 5.41 Å². The smallest absolute Gasteiger partial charge is 0.0985 e. The number of nitrogens with zero attached hydrogens (tertiary/aromatic N) is 2. The standard InChI is InChI=1S/C13H23N3S/c1-9-11(10-8-14-6-7-16(10)5)17-12(15-9)13(2,3)4/h10,14H,6-8H2,1-5H3. The van der Waals surface area contributed by atoms with Crippen LogP contribution in [0.25, 0.3) is 0 Å². The highest BCUT2D eigenvalue weighted by Gasteiger charge is 2.27. The maximum Gasteiger partial charge on any atom is 0.0985 e. The van der Waals surface area contributed by atoms with Gasteiger partial charge in [-0.15, -0.1) is 11.3 Å². The van der Waals surface area contributed by atoms with Crippen molar-refractivity contribution >= 4 is 11.3 Å². The molecule has 0 amide bonds. The Labute approximate surface area is 108 Å². The van der Waals surface area contributed by atoms with Gasteiger partial charge < -0.3 is 5.32 Å². The molecule has 4 heteroatoms. The molecule has 1 saturated heterocycles. The molecule has 0 aliphatic carbocycles. The van der Waals surface area contributed by atoms with Gasteiger partial charge in [-0.25, -0.2) is 4.98 Å². The number of aryl methyl sites for hydroxylation is 1. The van der Waals surface area contributed by atoms with Gasteiger partial charge in [0.15, 0.2) is 0 Å². The highest BCUT2D eigenvalue weighted by atomic mass is 32.1. The summed E-state index contributed by atoms with van der Waals surface area (Å²) >= 11 is 1.88. The Morgan fingerprint density at radius 2 is 2.12 bits per heavy atom. The lowest BCUT2D eigenvalue weighted by atomic mass is 9.98. The second-order valence-corrected chi connectivity index (χ2v) is 6.95. The van der Waals surface area contributed by atoms with Crippen LogP contribution < -0.4 is 5.32 Å². The lowest BCUT2D eigenvalue weighted by Crippen LogP contribution is -2.43. The third-order valence-electron chi connectivity index (χ3n) is 3.29. The molecule has 1 aromatic heterocycles. The van der Waals surface area contributed by atoms with Crippen LogP contribution in [-0.4, -0.2) is 36.6 Å². The Kier molecular flexibility index (Phi) is 3.57. The summed E-state index contributed by atoms with van der Waals surface area (Å²) in [6.07, 6.45) is 0. The fraction of sp³-hybridized carbons (Fsp3) is 0.769. The maximum absolute atomic E-state index is 4.76. The van der Waals surface area contributed by atoms with Crippen LogP contribution in [0.4, 0.5) is 0 Å². The molecule has 2 heterocycles. The van der Waals surface area contributed by atoms with Crippen molar-refractivity contribution in [2.45, 2.75) is 39.2 Å². The van der Waals surface area contributed by atoms with Crippen molar-refractivity contribution in [2.24, 2.45) is 0 Å².